The summed E-state index contributed by atoms with van der Waals surface area (Å²) < 4.78 is 0. The van der Waals surface area contributed by atoms with E-state index in [1.54, 1.807) is 6.07 Å². The summed E-state index contributed by atoms with van der Waals surface area (Å²) in [5, 5.41) is 10.2. The zero-order valence-corrected chi connectivity index (χ0v) is 12.8. The van der Waals surface area contributed by atoms with Crippen molar-refractivity contribution in [1.82, 2.24) is 4.98 Å². The first kappa shape index (κ1) is 15.6. The molecule has 1 aromatic rings. The molecule has 1 aliphatic rings. The number of aliphatic hydroxyl groups is 1. The minimum Gasteiger partial charge on any atom is -0.395 e. The van der Waals surface area contributed by atoms with Gasteiger partial charge >= 0.3 is 0 Å². The van der Waals surface area contributed by atoms with Crippen LogP contribution in [-0.2, 0) is 0 Å². The average molecular weight is 319 g/mol. The van der Waals surface area contributed by atoms with Crippen molar-refractivity contribution in [2.24, 2.45) is 5.84 Å². The Labute approximate surface area is 129 Å². The number of nitrogens with two attached hydrogens (primary N) is 1. The second-order valence-corrected chi connectivity index (χ2v) is 5.79. The summed E-state index contributed by atoms with van der Waals surface area (Å²) in [4.78, 5) is 6.47. The largest absolute Gasteiger partial charge is 0.395 e. The van der Waals surface area contributed by atoms with Gasteiger partial charge in [0.1, 0.15) is 5.82 Å². The molecule has 20 heavy (non-hydrogen) atoms. The van der Waals surface area contributed by atoms with Gasteiger partial charge in [-0.3, -0.25) is 0 Å². The number of anilines is 2. The van der Waals surface area contributed by atoms with Crippen LogP contribution in [0, 0.1) is 0 Å². The molecule has 112 valence electrons. The molecule has 1 heterocycles. The van der Waals surface area contributed by atoms with Crippen LogP contribution in [0.3, 0.4) is 0 Å². The lowest BCUT2D eigenvalue weighted by molar-refractivity contribution is 0.289. The number of pyridine rings is 1. The standard InChI is InChI=1S/C13H20Cl2N4O/c14-10-8-11(15)13(17-12(10)18-16)19(6-7-20)9-4-2-1-3-5-9/h8-9,20H,1-7,16H2,(H,17,18). The first-order chi connectivity index (χ1) is 9.67. The lowest BCUT2D eigenvalue weighted by Gasteiger charge is -2.35. The van der Waals surface area contributed by atoms with Gasteiger partial charge in [0.15, 0.2) is 5.82 Å². The van der Waals surface area contributed by atoms with Gasteiger partial charge in [-0.2, -0.15) is 0 Å². The minimum atomic E-state index is 0.0581. The number of hydrazine groups is 1. The van der Waals surface area contributed by atoms with Crippen molar-refractivity contribution in [3.63, 3.8) is 0 Å². The Hall–Kier alpha value is -0.750. The molecular formula is C13H20Cl2N4O. The number of hydrogen-bond donors (Lipinski definition) is 3. The van der Waals surface area contributed by atoms with Crippen molar-refractivity contribution in [3.05, 3.63) is 16.1 Å². The first-order valence-corrected chi connectivity index (χ1v) is 7.63. The number of halogens is 2. The summed E-state index contributed by atoms with van der Waals surface area (Å²) in [5.41, 5.74) is 2.47. The van der Waals surface area contributed by atoms with E-state index in [4.69, 9.17) is 29.0 Å². The van der Waals surface area contributed by atoms with Crippen LogP contribution in [0.1, 0.15) is 32.1 Å². The highest BCUT2D eigenvalue weighted by Crippen LogP contribution is 2.34. The zero-order valence-electron chi connectivity index (χ0n) is 11.3. The van der Waals surface area contributed by atoms with E-state index in [-0.39, 0.29) is 6.61 Å². The average Bonchev–Trinajstić information content (AvgIpc) is 2.46. The molecule has 5 nitrogen and oxygen atoms in total. The molecule has 0 unspecified atom stereocenters. The molecule has 1 aliphatic carbocycles. The van der Waals surface area contributed by atoms with Gasteiger partial charge in [-0.25, -0.2) is 10.8 Å². The van der Waals surface area contributed by atoms with Crippen LogP contribution in [0.5, 0.6) is 0 Å². The monoisotopic (exact) mass is 318 g/mol. The third kappa shape index (κ3) is 3.47. The maximum Gasteiger partial charge on any atom is 0.161 e. The van der Waals surface area contributed by atoms with Gasteiger partial charge < -0.3 is 15.4 Å². The van der Waals surface area contributed by atoms with Gasteiger partial charge in [-0.1, -0.05) is 42.5 Å². The lowest BCUT2D eigenvalue weighted by Crippen LogP contribution is -2.39. The number of nitrogens with zero attached hydrogens (tertiary/aromatic N) is 2. The van der Waals surface area contributed by atoms with E-state index < -0.39 is 0 Å². The first-order valence-electron chi connectivity index (χ1n) is 6.87. The molecule has 0 aromatic carbocycles. The van der Waals surface area contributed by atoms with Crippen molar-refractivity contribution < 1.29 is 5.11 Å². The highest BCUT2D eigenvalue weighted by atomic mass is 35.5. The van der Waals surface area contributed by atoms with Crippen molar-refractivity contribution in [1.29, 1.82) is 0 Å². The highest BCUT2D eigenvalue weighted by molar-refractivity contribution is 6.37. The molecule has 0 saturated heterocycles. The van der Waals surface area contributed by atoms with Crippen LogP contribution in [0.4, 0.5) is 11.6 Å². The minimum absolute atomic E-state index is 0.0581. The summed E-state index contributed by atoms with van der Waals surface area (Å²) in [5.74, 6) is 6.44. The fourth-order valence-corrected chi connectivity index (χ4v) is 3.24. The molecule has 1 fully saturated rings. The van der Waals surface area contributed by atoms with E-state index in [1.807, 2.05) is 0 Å². The molecule has 0 spiro atoms. The Balaban J connectivity index is 2.32. The number of nitrogen functional groups attached to an aromatic ring is 1. The van der Waals surface area contributed by atoms with E-state index in [9.17, 15) is 5.11 Å². The van der Waals surface area contributed by atoms with Crippen LogP contribution >= 0.6 is 23.2 Å². The van der Waals surface area contributed by atoms with E-state index in [0.717, 1.165) is 12.8 Å². The van der Waals surface area contributed by atoms with E-state index in [0.29, 0.717) is 34.3 Å². The summed E-state index contributed by atoms with van der Waals surface area (Å²) in [6, 6.07) is 1.99. The summed E-state index contributed by atoms with van der Waals surface area (Å²) in [6.07, 6.45) is 5.83. The van der Waals surface area contributed by atoms with Crippen molar-refractivity contribution in [2.45, 2.75) is 38.1 Å². The Morgan fingerprint density at radius 3 is 2.60 bits per heavy atom. The Morgan fingerprint density at radius 2 is 2.00 bits per heavy atom. The molecule has 1 saturated carbocycles. The smallest absolute Gasteiger partial charge is 0.161 e. The highest BCUT2D eigenvalue weighted by Gasteiger charge is 2.24. The molecule has 0 atom stereocenters. The zero-order chi connectivity index (χ0) is 14.5. The predicted octanol–water partition coefficient (Wildman–Crippen LogP) is 2.81. The van der Waals surface area contributed by atoms with Gasteiger partial charge in [-0.05, 0) is 18.9 Å². The SMILES string of the molecule is NNc1nc(N(CCO)C2CCCCC2)c(Cl)cc1Cl. The third-order valence-corrected chi connectivity index (χ3v) is 4.24. The molecule has 2 rings (SSSR count). The van der Waals surface area contributed by atoms with E-state index in [2.05, 4.69) is 15.3 Å². The van der Waals surface area contributed by atoms with E-state index >= 15 is 0 Å². The molecule has 0 amide bonds. The van der Waals surface area contributed by atoms with Gasteiger partial charge in [0, 0.05) is 12.6 Å². The molecular weight excluding hydrogens is 299 g/mol. The topological polar surface area (TPSA) is 74.4 Å². The normalized spacial score (nSPS) is 16.2. The maximum atomic E-state index is 9.32. The fraction of sp³-hybridized carbons (Fsp3) is 0.615. The van der Waals surface area contributed by atoms with Gasteiger partial charge in [0.2, 0.25) is 0 Å². The van der Waals surface area contributed by atoms with E-state index in [1.165, 1.54) is 19.3 Å². The Kier molecular flexibility index (Phi) is 5.72. The fourth-order valence-electron chi connectivity index (χ4n) is 2.72. The van der Waals surface area contributed by atoms with Crippen LogP contribution in [0.15, 0.2) is 6.07 Å². The summed E-state index contributed by atoms with van der Waals surface area (Å²) in [6.45, 7) is 0.561. The summed E-state index contributed by atoms with van der Waals surface area (Å²) >= 11 is 12.3. The van der Waals surface area contributed by atoms with Crippen LogP contribution in [0.25, 0.3) is 0 Å². The molecule has 4 N–H and O–H groups in total. The lowest BCUT2D eigenvalue weighted by atomic mass is 9.94. The molecule has 0 bridgehead atoms. The number of rotatable bonds is 5. The Morgan fingerprint density at radius 1 is 1.30 bits per heavy atom. The number of aromatic nitrogens is 1. The van der Waals surface area contributed by atoms with Crippen LogP contribution in [-0.4, -0.2) is 29.3 Å². The van der Waals surface area contributed by atoms with Crippen molar-refractivity contribution >= 4 is 34.8 Å². The number of aliphatic hydroxyl groups excluding tert-OH is 1. The molecule has 7 heteroatoms. The Bertz CT molecular complexity index is 452. The van der Waals surface area contributed by atoms with Gasteiger partial charge in [-0.15, -0.1) is 0 Å². The predicted molar refractivity (Wildman–Crippen MR) is 83.4 cm³/mol. The second kappa shape index (κ2) is 7.31. The third-order valence-electron chi connectivity index (χ3n) is 3.68. The van der Waals surface area contributed by atoms with Crippen LogP contribution in [0.2, 0.25) is 10.0 Å². The number of nitrogens with one attached hydrogen (secondary N) is 1. The second-order valence-electron chi connectivity index (χ2n) is 4.98. The summed E-state index contributed by atoms with van der Waals surface area (Å²) in [7, 11) is 0. The van der Waals surface area contributed by atoms with Crippen LogP contribution < -0.4 is 16.2 Å². The number of hydrogen-bond acceptors (Lipinski definition) is 5. The van der Waals surface area contributed by atoms with Gasteiger partial charge in [0.05, 0.1) is 16.7 Å². The quantitative estimate of drug-likeness (QED) is 0.575. The van der Waals surface area contributed by atoms with Gasteiger partial charge in [0.25, 0.3) is 0 Å². The van der Waals surface area contributed by atoms with Crippen molar-refractivity contribution in [2.75, 3.05) is 23.5 Å². The molecule has 0 radical (unpaired) electrons. The molecule has 0 aliphatic heterocycles. The van der Waals surface area contributed by atoms with Crippen molar-refractivity contribution in [3.8, 4) is 0 Å². The maximum absolute atomic E-state index is 9.32. The molecule has 1 aromatic heterocycles.